The first kappa shape index (κ1) is 17.7. The molecule has 0 bridgehead atoms. The Balaban J connectivity index is 1.42. The second-order valence-corrected chi connectivity index (χ2v) is 6.73. The minimum Gasteiger partial charge on any atom is -0.482 e. The quantitative estimate of drug-likeness (QED) is 0.654. The molecule has 9 heteroatoms. The number of hydrogen-bond acceptors (Lipinski definition) is 6. The molecule has 0 aliphatic rings. The smallest absolute Gasteiger partial charge is 0.257 e. The topological polar surface area (TPSA) is 77.2 Å². The number of amides is 1. The Morgan fingerprint density at radius 2 is 2.16 bits per heavy atom. The van der Waals surface area contributed by atoms with Gasteiger partial charge in [-0.1, -0.05) is 29.3 Å². The molecular weight excluding hydrogens is 385 g/mol. The Bertz CT molecular complexity index is 852. The van der Waals surface area contributed by atoms with Gasteiger partial charge in [-0.15, -0.1) is 21.5 Å². The van der Waals surface area contributed by atoms with Crippen LogP contribution < -0.4 is 10.1 Å². The van der Waals surface area contributed by atoms with E-state index in [1.54, 1.807) is 18.2 Å². The summed E-state index contributed by atoms with van der Waals surface area (Å²) < 4.78 is 10.9. The van der Waals surface area contributed by atoms with E-state index in [9.17, 15) is 4.79 Å². The van der Waals surface area contributed by atoms with Crippen LogP contribution in [0.2, 0.25) is 10.0 Å². The first-order valence-electron chi connectivity index (χ1n) is 7.32. The SMILES string of the molecule is O=C(COc1ccc(Cl)cc1Cl)NCCc1nnc(-c2cccs2)o1. The third-order valence-electron chi connectivity index (χ3n) is 3.11. The fourth-order valence-corrected chi connectivity index (χ4v) is 3.06. The average molecular weight is 398 g/mol. The van der Waals surface area contributed by atoms with Crippen LogP contribution in [0.25, 0.3) is 10.8 Å². The number of thiophene rings is 1. The molecule has 6 nitrogen and oxygen atoms in total. The van der Waals surface area contributed by atoms with Crippen molar-refractivity contribution in [2.45, 2.75) is 6.42 Å². The second kappa shape index (κ2) is 8.33. The maximum atomic E-state index is 11.8. The molecule has 0 unspecified atom stereocenters. The molecule has 0 radical (unpaired) electrons. The number of benzene rings is 1. The molecule has 0 aliphatic carbocycles. The molecule has 0 atom stereocenters. The monoisotopic (exact) mass is 397 g/mol. The third kappa shape index (κ3) is 4.94. The van der Waals surface area contributed by atoms with Crippen LogP contribution in [0.4, 0.5) is 0 Å². The normalized spacial score (nSPS) is 10.6. The van der Waals surface area contributed by atoms with Crippen molar-refractivity contribution in [1.29, 1.82) is 0 Å². The van der Waals surface area contributed by atoms with Gasteiger partial charge in [-0.25, -0.2) is 0 Å². The largest absolute Gasteiger partial charge is 0.482 e. The van der Waals surface area contributed by atoms with Gasteiger partial charge in [0.15, 0.2) is 6.61 Å². The summed E-state index contributed by atoms with van der Waals surface area (Å²) in [5.74, 6) is 1.07. The molecule has 0 aliphatic heterocycles. The van der Waals surface area contributed by atoms with E-state index in [1.807, 2.05) is 17.5 Å². The number of ether oxygens (including phenoxy) is 1. The molecule has 1 N–H and O–H groups in total. The summed E-state index contributed by atoms with van der Waals surface area (Å²) in [4.78, 5) is 12.7. The van der Waals surface area contributed by atoms with Gasteiger partial charge in [0.2, 0.25) is 5.89 Å². The number of carbonyl (C=O) groups excluding carboxylic acids is 1. The standard InChI is InChI=1S/C16H13Cl2N3O3S/c17-10-3-4-12(11(18)8-10)23-9-14(22)19-6-5-15-20-21-16(24-15)13-2-1-7-25-13/h1-4,7-8H,5-6,9H2,(H,19,22). The molecule has 25 heavy (non-hydrogen) atoms. The zero-order valence-corrected chi connectivity index (χ0v) is 15.2. The molecule has 1 aromatic carbocycles. The van der Waals surface area contributed by atoms with Crippen molar-refractivity contribution in [2.75, 3.05) is 13.2 Å². The minimum atomic E-state index is -0.274. The molecular formula is C16H13Cl2N3O3S. The van der Waals surface area contributed by atoms with Crippen LogP contribution in [0.15, 0.2) is 40.1 Å². The van der Waals surface area contributed by atoms with Crippen molar-refractivity contribution in [3.8, 4) is 16.5 Å². The highest BCUT2D eigenvalue weighted by molar-refractivity contribution is 7.13. The van der Waals surface area contributed by atoms with E-state index in [-0.39, 0.29) is 12.5 Å². The van der Waals surface area contributed by atoms with Crippen LogP contribution in [0.5, 0.6) is 5.75 Å². The van der Waals surface area contributed by atoms with Crippen LogP contribution in [0.3, 0.4) is 0 Å². The summed E-state index contributed by atoms with van der Waals surface area (Å²) in [6.45, 7) is 0.217. The molecule has 2 heterocycles. The van der Waals surface area contributed by atoms with E-state index < -0.39 is 0 Å². The van der Waals surface area contributed by atoms with Crippen LogP contribution in [0, 0.1) is 0 Å². The minimum absolute atomic E-state index is 0.147. The first-order valence-corrected chi connectivity index (χ1v) is 8.96. The predicted octanol–water partition coefficient (Wildman–Crippen LogP) is 3.84. The number of hydrogen-bond donors (Lipinski definition) is 1. The van der Waals surface area contributed by atoms with Crippen molar-refractivity contribution in [1.82, 2.24) is 15.5 Å². The van der Waals surface area contributed by atoms with Gasteiger partial charge < -0.3 is 14.5 Å². The molecule has 130 valence electrons. The van der Waals surface area contributed by atoms with Gasteiger partial charge in [0.05, 0.1) is 9.90 Å². The highest BCUT2D eigenvalue weighted by Gasteiger charge is 2.10. The van der Waals surface area contributed by atoms with E-state index in [2.05, 4.69) is 15.5 Å². The third-order valence-corrected chi connectivity index (χ3v) is 4.50. The fourth-order valence-electron chi connectivity index (χ4n) is 1.95. The van der Waals surface area contributed by atoms with E-state index >= 15 is 0 Å². The Hall–Kier alpha value is -2.09. The fraction of sp³-hybridized carbons (Fsp3) is 0.188. The van der Waals surface area contributed by atoms with E-state index in [4.69, 9.17) is 32.4 Å². The molecule has 0 saturated carbocycles. The van der Waals surface area contributed by atoms with E-state index in [0.717, 1.165) is 4.88 Å². The van der Waals surface area contributed by atoms with Crippen molar-refractivity contribution < 1.29 is 13.9 Å². The van der Waals surface area contributed by atoms with Gasteiger partial charge in [-0.2, -0.15) is 0 Å². The predicted molar refractivity (Wildman–Crippen MR) is 96.3 cm³/mol. The maximum absolute atomic E-state index is 11.8. The molecule has 3 rings (SSSR count). The maximum Gasteiger partial charge on any atom is 0.257 e. The molecule has 2 aromatic heterocycles. The summed E-state index contributed by atoms with van der Waals surface area (Å²) >= 11 is 13.3. The molecule has 0 saturated heterocycles. The lowest BCUT2D eigenvalue weighted by Crippen LogP contribution is -2.30. The lowest BCUT2D eigenvalue weighted by atomic mass is 10.3. The highest BCUT2D eigenvalue weighted by atomic mass is 35.5. The highest BCUT2D eigenvalue weighted by Crippen LogP contribution is 2.27. The summed E-state index contributed by atoms with van der Waals surface area (Å²) in [6, 6.07) is 8.63. The lowest BCUT2D eigenvalue weighted by molar-refractivity contribution is -0.123. The lowest BCUT2D eigenvalue weighted by Gasteiger charge is -2.08. The summed E-state index contributed by atoms with van der Waals surface area (Å²) in [6.07, 6.45) is 0.436. The first-order chi connectivity index (χ1) is 12.1. The Morgan fingerprint density at radius 1 is 1.28 bits per heavy atom. The van der Waals surface area contributed by atoms with Crippen molar-refractivity contribution >= 4 is 40.4 Å². The van der Waals surface area contributed by atoms with Crippen molar-refractivity contribution in [3.05, 3.63) is 51.6 Å². The number of rotatable bonds is 7. The van der Waals surface area contributed by atoms with E-state index in [0.29, 0.717) is 40.5 Å². The van der Waals surface area contributed by atoms with Crippen LogP contribution >= 0.6 is 34.5 Å². The molecule has 0 spiro atoms. The number of aromatic nitrogens is 2. The van der Waals surface area contributed by atoms with Crippen LogP contribution in [-0.4, -0.2) is 29.3 Å². The zero-order valence-electron chi connectivity index (χ0n) is 12.9. The number of nitrogens with one attached hydrogen (secondary N) is 1. The van der Waals surface area contributed by atoms with E-state index in [1.165, 1.54) is 11.3 Å². The number of halogens is 2. The number of nitrogens with zero attached hydrogens (tertiary/aromatic N) is 2. The van der Waals surface area contributed by atoms with Crippen molar-refractivity contribution in [2.24, 2.45) is 0 Å². The van der Waals surface area contributed by atoms with Gasteiger partial charge in [0, 0.05) is 18.0 Å². The summed E-state index contributed by atoms with van der Waals surface area (Å²) in [7, 11) is 0. The molecule has 1 amide bonds. The van der Waals surface area contributed by atoms with Crippen LogP contribution in [0.1, 0.15) is 5.89 Å². The van der Waals surface area contributed by atoms with Gasteiger partial charge in [-0.05, 0) is 29.6 Å². The summed E-state index contributed by atoms with van der Waals surface area (Å²) in [5.41, 5.74) is 0. The average Bonchev–Trinajstić information content (AvgIpc) is 3.25. The Labute approximate surface area is 157 Å². The summed E-state index contributed by atoms with van der Waals surface area (Å²) in [5, 5.41) is 13.5. The van der Waals surface area contributed by atoms with Gasteiger partial charge >= 0.3 is 0 Å². The van der Waals surface area contributed by atoms with Crippen LogP contribution in [-0.2, 0) is 11.2 Å². The second-order valence-electron chi connectivity index (χ2n) is 4.94. The van der Waals surface area contributed by atoms with Gasteiger partial charge in [0.1, 0.15) is 5.75 Å². The molecule has 3 aromatic rings. The van der Waals surface area contributed by atoms with Gasteiger partial charge in [-0.3, -0.25) is 4.79 Å². The Kier molecular flexibility index (Phi) is 5.91. The van der Waals surface area contributed by atoms with Gasteiger partial charge in [0.25, 0.3) is 11.8 Å². The molecule has 0 fully saturated rings. The van der Waals surface area contributed by atoms with Crippen molar-refractivity contribution in [3.63, 3.8) is 0 Å². The Morgan fingerprint density at radius 3 is 2.92 bits per heavy atom. The number of carbonyl (C=O) groups is 1. The zero-order chi connectivity index (χ0) is 17.6.